The van der Waals surface area contributed by atoms with Gasteiger partial charge in [-0.25, -0.2) is 8.42 Å². The van der Waals surface area contributed by atoms with Crippen LogP contribution >= 0.6 is 0 Å². The fraction of sp³-hybridized carbons (Fsp3) is 0.462. The molecule has 0 aliphatic heterocycles. The van der Waals surface area contributed by atoms with Gasteiger partial charge < -0.3 is 0 Å². The van der Waals surface area contributed by atoms with Crippen LogP contribution in [0.5, 0.6) is 0 Å². The van der Waals surface area contributed by atoms with Crippen molar-refractivity contribution in [1.29, 1.82) is 0 Å². The third-order valence-electron chi connectivity index (χ3n) is 2.86. The first-order valence-corrected chi connectivity index (χ1v) is 7.75. The minimum atomic E-state index is -4.64. The predicted octanol–water partition coefficient (Wildman–Crippen LogP) is 2.58. The third-order valence-corrected chi connectivity index (χ3v) is 4.62. The lowest BCUT2D eigenvalue weighted by atomic mass is 9.95. The zero-order chi connectivity index (χ0) is 16.3. The number of benzene rings is 1. The highest BCUT2D eigenvalue weighted by Gasteiger charge is 2.42. The summed E-state index contributed by atoms with van der Waals surface area (Å²) in [7, 11) is -3.94. The van der Waals surface area contributed by atoms with Crippen LogP contribution in [0.2, 0.25) is 0 Å². The highest BCUT2D eigenvalue weighted by atomic mass is 32.2. The van der Waals surface area contributed by atoms with Crippen molar-refractivity contribution >= 4 is 15.9 Å². The molecule has 1 aromatic carbocycles. The molecule has 0 saturated carbocycles. The maximum atomic E-state index is 13.0. The van der Waals surface area contributed by atoms with Crippen molar-refractivity contribution in [3.05, 3.63) is 35.9 Å². The summed E-state index contributed by atoms with van der Waals surface area (Å²) in [6, 6.07) is 6.92. The first kappa shape index (κ1) is 17.5. The van der Waals surface area contributed by atoms with Gasteiger partial charge in [-0.3, -0.25) is 9.52 Å². The van der Waals surface area contributed by atoms with Crippen LogP contribution in [0.1, 0.15) is 31.7 Å². The van der Waals surface area contributed by atoms with Crippen molar-refractivity contribution in [2.24, 2.45) is 0 Å². The Morgan fingerprint density at radius 3 is 2.14 bits per heavy atom. The second-order valence-electron chi connectivity index (χ2n) is 4.83. The molecule has 4 nitrogen and oxygen atoms in total. The lowest BCUT2D eigenvalue weighted by Gasteiger charge is -2.20. The van der Waals surface area contributed by atoms with E-state index in [-0.39, 0.29) is 5.56 Å². The minimum absolute atomic E-state index is 0.0814. The number of rotatable bonds is 5. The van der Waals surface area contributed by atoms with Gasteiger partial charge in [-0.15, -0.1) is 0 Å². The SMILES string of the molecule is CC(C)S(=O)(=O)NC(=O)C[C@H](c1ccccc1)C(F)(F)F. The van der Waals surface area contributed by atoms with Gasteiger partial charge in [-0.05, 0) is 19.4 Å². The predicted molar refractivity (Wildman–Crippen MR) is 72.1 cm³/mol. The Kier molecular flexibility index (Phi) is 5.38. The number of hydrogen-bond acceptors (Lipinski definition) is 3. The first-order valence-electron chi connectivity index (χ1n) is 6.20. The van der Waals surface area contributed by atoms with Crippen molar-refractivity contribution in [1.82, 2.24) is 4.72 Å². The van der Waals surface area contributed by atoms with Gasteiger partial charge in [0.25, 0.3) is 0 Å². The summed E-state index contributed by atoms with van der Waals surface area (Å²) in [5.74, 6) is -3.21. The van der Waals surface area contributed by atoms with Gasteiger partial charge in [0.2, 0.25) is 15.9 Å². The molecule has 0 bridgehead atoms. The molecule has 0 radical (unpaired) electrons. The highest BCUT2D eigenvalue weighted by Crippen LogP contribution is 2.37. The van der Waals surface area contributed by atoms with E-state index in [4.69, 9.17) is 0 Å². The number of amides is 1. The van der Waals surface area contributed by atoms with Gasteiger partial charge in [-0.2, -0.15) is 13.2 Å². The average molecular weight is 323 g/mol. The van der Waals surface area contributed by atoms with Gasteiger partial charge in [-0.1, -0.05) is 30.3 Å². The summed E-state index contributed by atoms with van der Waals surface area (Å²) in [6.07, 6.45) is -5.61. The Bertz CT molecular complexity index is 582. The quantitative estimate of drug-likeness (QED) is 0.906. The molecular formula is C13H16F3NO3S. The van der Waals surface area contributed by atoms with Crippen LogP contribution in [-0.4, -0.2) is 25.8 Å². The number of hydrogen-bond donors (Lipinski definition) is 1. The molecule has 1 N–H and O–H groups in total. The number of sulfonamides is 1. The molecule has 0 spiro atoms. The third kappa shape index (κ3) is 5.04. The van der Waals surface area contributed by atoms with E-state index in [1.54, 1.807) is 10.8 Å². The number of halogens is 3. The van der Waals surface area contributed by atoms with Crippen LogP contribution in [0.25, 0.3) is 0 Å². The molecule has 0 unspecified atom stereocenters. The summed E-state index contributed by atoms with van der Waals surface area (Å²) >= 11 is 0. The molecule has 8 heteroatoms. The Labute approximate surface area is 121 Å². The van der Waals surface area contributed by atoms with Crippen molar-refractivity contribution in [3.8, 4) is 0 Å². The number of alkyl halides is 3. The fourth-order valence-corrected chi connectivity index (χ4v) is 2.25. The van der Waals surface area contributed by atoms with E-state index in [2.05, 4.69) is 0 Å². The van der Waals surface area contributed by atoms with Crippen LogP contribution in [0.4, 0.5) is 13.2 Å². The minimum Gasteiger partial charge on any atom is -0.274 e. The topological polar surface area (TPSA) is 63.2 Å². The Morgan fingerprint density at radius 2 is 1.71 bits per heavy atom. The van der Waals surface area contributed by atoms with E-state index in [1.165, 1.54) is 38.1 Å². The zero-order valence-electron chi connectivity index (χ0n) is 11.5. The van der Waals surface area contributed by atoms with Gasteiger partial charge in [0.15, 0.2) is 0 Å². The summed E-state index contributed by atoms with van der Waals surface area (Å²) in [4.78, 5) is 11.6. The molecule has 1 rings (SSSR count). The molecule has 0 saturated heterocycles. The van der Waals surface area contributed by atoms with Crippen LogP contribution in [0.3, 0.4) is 0 Å². The van der Waals surface area contributed by atoms with Crippen LogP contribution < -0.4 is 4.72 Å². The summed E-state index contributed by atoms with van der Waals surface area (Å²) in [5, 5.41) is -0.900. The Morgan fingerprint density at radius 1 is 1.19 bits per heavy atom. The molecule has 0 heterocycles. The summed E-state index contributed by atoms with van der Waals surface area (Å²) in [5.41, 5.74) is -0.0814. The van der Waals surface area contributed by atoms with Gasteiger partial charge in [0.1, 0.15) is 0 Å². The molecule has 1 aromatic rings. The summed E-state index contributed by atoms with van der Waals surface area (Å²) < 4.78 is 63.7. The smallest absolute Gasteiger partial charge is 0.274 e. The maximum Gasteiger partial charge on any atom is 0.396 e. The zero-order valence-corrected chi connectivity index (χ0v) is 12.3. The van der Waals surface area contributed by atoms with Crippen LogP contribution in [0.15, 0.2) is 30.3 Å². The van der Waals surface area contributed by atoms with Gasteiger partial charge >= 0.3 is 6.18 Å². The van der Waals surface area contributed by atoms with Crippen LogP contribution in [0, 0.1) is 0 Å². The van der Waals surface area contributed by atoms with Crippen molar-refractivity contribution < 1.29 is 26.4 Å². The first-order chi connectivity index (χ1) is 9.54. The number of nitrogens with one attached hydrogen (secondary N) is 1. The normalized spacial score (nSPS) is 14.0. The van der Waals surface area contributed by atoms with Gasteiger partial charge in [0.05, 0.1) is 11.2 Å². The number of carbonyl (C=O) groups excluding carboxylic acids is 1. The monoisotopic (exact) mass is 323 g/mol. The van der Waals surface area contributed by atoms with Crippen molar-refractivity contribution in [2.75, 3.05) is 0 Å². The second kappa shape index (κ2) is 6.46. The van der Waals surface area contributed by atoms with E-state index in [1.807, 2.05) is 0 Å². The Hall–Kier alpha value is -1.57. The van der Waals surface area contributed by atoms with E-state index in [9.17, 15) is 26.4 Å². The highest BCUT2D eigenvalue weighted by molar-refractivity contribution is 7.90. The maximum absolute atomic E-state index is 13.0. The molecular weight excluding hydrogens is 307 g/mol. The molecule has 1 amide bonds. The van der Waals surface area contributed by atoms with E-state index in [0.717, 1.165) is 0 Å². The van der Waals surface area contributed by atoms with Crippen molar-refractivity contribution in [3.63, 3.8) is 0 Å². The molecule has 21 heavy (non-hydrogen) atoms. The fourth-order valence-electron chi connectivity index (χ4n) is 1.61. The van der Waals surface area contributed by atoms with Crippen LogP contribution in [-0.2, 0) is 14.8 Å². The lowest BCUT2D eigenvalue weighted by Crippen LogP contribution is -2.38. The number of carbonyl (C=O) groups is 1. The second-order valence-corrected chi connectivity index (χ2v) is 7.06. The van der Waals surface area contributed by atoms with E-state index in [0.29, 0.717) is 0 Å². The molecule has 0 aliphatic carbocycles. The summed E-state index contributed by atoms with van der Waals surface area (Å²) in [6.45, 7) is 2.65. The molecule has 0 fully saturated rings. The van der Waals surface area contributed by atoms with Crippen molar-refractivity contribution in [2.45, 2.75) is 37.6 Å². The Balaban J connectivity index is 2.92. The molecule has 1 atom stereocenters. The van der Waals surface area contributed by atoms with E-state index >= 15 is 0 Å². The standard InChI is InChI=1S/C13H16F3NO3S/c1-9(2)21(19,20)17-12(18)8-11(13(14,15)16)10-6-4-3-5-7-10/h3-7,9,11H,8H2,1-2H3,(H,17,18)/t11-/m1/s1. The molecule has 0 aliphatic rings. The average Bonchev–Trinajstić information content (AvgIpc) is 2.35. The largest absolute Gasteiger partial charge is 0.396 e. The molecule has 0 aromatic heterocycles. The lowest BCUT2D eigenvalue weighted by molar-refractivity contribution is -0.156. The van der Waals surface area contributed by atoms with Gasteiger partial charge in [0, 0.05) is 6.42 Å². The van der Waals surface area contributed by atoms with E-state index < -0.39 is 39.7 Å². The molecule has 118 valence electrons.